The van der Waals surface area contributed by atoms with Crippen LogP contribution in [0.2, 0.25) is 0 Å². The minimum Gasteiger partial charge on any atom is -0.475 e. The van der Waals surface area contributed by atoms with E-state index in [2.05, 4.69) is 20.9 Å². The second kappa shape index (κ2) is 14.5. The van der Waals surface area contributed by atoms with E-state index in [1.165, 1.54) is 5.56 Å². The van der Waals surface area contributed by atoms with Gasteiger partial charge in [-0.05, 0) is 37.3 Å². The first kappa shape index (κ1) is 33.1. The average molecular weight is 587 g/mol. The van der Waals surface area contributed by atoms with E-state index in [4.69, 9.17) is 24.5 Å². The number of carboxylic acids is 2. The van der Waals surface area contributed by atoms with Gasteiger partial charge in [0.1, 0.15) is 0 Å². The van der Waals surface area contributed by atoms with E-state index in [9.17, 15) is 31.1 Å². The Morgan fingerprint density at radius 2 is 1.43 bits per heavy atom. The van der Waals surface area contributed by atoms with E-state index in [1.54, 1.807) is 0 Å². The predicted molar refractivity (Wildman–Crippen MR) is 127 cm³/mol. The van der Waals surface area contributed by atoms with Crippen molar-refractivity contribution in [3.05, 3.63) is 30.1 Å². The molecule has 16 heteroatoms. The largest absolute Gasteiger partial charge is 0.490 e. The van der Waals surface area contributed by atoms with Crippen LogP contribution in [0.25, 0.3) is 0 Å². The number of likely N-dealkylation sites (tertiary alicyclic amines) is 2. The minimum absolute atomic E-state index is 0.181. The summed E-state index contributed by atoms with van der Waals surface area (Å²) in [5.41, 5.74) is 1.44. The molecule has 0 radical (unpaired) electrons. The highest BCUT2D eigenvalue weighted by atomic mass is 19.4. The van der Waals surface area contributed by atoms with Gasteiger partial charge in [0, 0.05) is 63.6 Å². The molecule has 0 saturated carbocycles. The third-order valence-corrected chi connectivity index (χ3v) is 6.60. The van der Waals surface area contributed by atoms with Crippen LogP contribution >= 0.6 is 0 Å². The summed E-state index contributed by atoms with van der Waals surface area (Å²) in [5, 5.41) is 14.2. The molecule has 1 spiro atoms. The SMILES string of the molecule is O=C(N1CCCC1)N1CCC2(CC1)COCCN(Cc1cccnc1)C2.O=C(O)C(F)(F)F.O=C(O)C(F)(F)F. The molecular weight excluding hydrogens is 554 g/mol. The zero-order chi connectivity index (χ0) is 30.0. The number of amides is 2. The molecule has 1 aromatic heterocycles. The first-order valence-electron chi connectivity index (χ1n) is 12.5. The molecule has 0 bridgehead atoms. The third-order valence-electron chi connectivity index (χ3n) is 6.60. The number of ether oxygens (including phenoxy) is 1. The summed E-state index contributed by atoms with van der Waals surface area (Å²) in [7, 11) is 0. The number of rotatable bonds is 2. The van der Waals surface area contributed by atoms with Gasteiger partial charge < -0.3 is 24.7 Å². The molecule has 3 aliphatic rings. The zero-order valence-electron chi connectivity index (χ0n) is 21.6. The Hall–Kier alpha value is -3.14. The van der Waals surface area contributed by atoms with Crippen LogP contribution in [0.5, 0.6) is 0 Å². The van der Waals surface area contributed by atoms with Gasteiger partial charge in [0.15, 0.2) is 0 Å². The number of alkyl halides is 6. The van der Waals surface area contributed by atoms with Gasteiger partial charge in [-0.1, -0.05) is 6.07 Å². The number of piperidine rings is 1. The van der Waals surface area contributed by atoms with Gasteiger partial charge in [-0.3, -0.25) is 9.88 Å². The maximum atomic E-state index is 12.6. The van der Waals surface area contributed by atoms with Gasteiger partial charge in [-0.25, -0.2) is 14.4 Å². The fraction of sp³-hybridized carbons (Fsp3) is 0.667. The standard InChI is InChI=1S/C20H30N4O2.2C2HF3O2/c25-19(23-8-1-2-9-23)24-10-5-20(6-11-24)16-22(12-13-26-17-20)15-18-4-3-7-21-14-18;2*3-2(4,5)1(6)7/h3-4,7,14H,1-2,5-6,8-13,15-17H2;2*(H,6,7). The summed E-state index contributed by atoms with van der Waals surface area (Å²) >= 11 is 0. The molecule has 1 aromatic rings. The number of aliphatic carboxylic acids is 2. The molecule has 3 saturated heterocycles. The van der Waals surface area contributed by atoms with Crippen LogP contribution in [0, 0.1) is 5.41 Å². The highest BCUT2D eigenvalue weighted by Gasteiger charge is 2.40. The summed E-state index contributed by atoms with van der Waals surface area (Å²) in [6, 6.07) is 4.39. The van der Waals surface area contributed by atoms with Gasteiger partial charge in [-0.15, -0.1) is 0 Å². The van der Waals surface area contributed by atoms with Crippen molar-refractivity contribution in [1.82, 2.24) is 19.7 Å². The van der Waals surface area contributed by atoms with E-state index in [1.807, 2.05) is 23.4 Å². The maximum absolute atomic E-state index is 12.6. The highest BCUT2D eigenvalue weighted by molar-refractivity contribution is 5.75. The van der Waals surface area contributed by atoms with Crippen molar-refractivity contribution in [3.8, 4) is 0 Å². The van der Waals surface area contributed by atoms with Crippen LogP contribution in [0.15, 0.2) is 24.5 Å². The molecule has 0 atom stereocenters. The molecule has 4 rings (SSSR count). The molecule has 0 aliphatic carbocycles. The first-order chi connectivity index (χ1) is 18.6. The molecule has 2 N–H and O–H groups in total. The Bertz CT molecular complexity index is 941. The van der Waals surface area contributed by atoms with Gasteiger partial charge >= 0.3 is 30.3 Å². The predicted octanol–water partition coefficient (Wildman–Crippen LogP) is 3.48. The van der Waals surface area contributed by atoms with Crippen molar-refractivity contribution in [1.29, 1.82) is 0 Å². The number of hydrogen-bond donors (Lipinski definition) is 2. The lowest BCUT2D eigenvalue weighted by molar-refractivity contribution is -0.193. The highest BCUT2D eigenvalue weighted by Crippen LogP contribution is 2.35. The number of carboxylic acid groups (broad SMARTS) is 2. The van der Waals surface area contributed by atoms with Crippen molar-refractivity contribution in [2.45, 2.75) is 44.6 Å². The van der Waals surface area contributed by atoms with E-state index in [-0.39, 0.29) is 11.4 Å². The number of halogens is 6. The van der Waals surface area contributed by atoms with Crippen LogP contribution in [0.3, 0.4) is 0 Å². The summed E-state index contributed by atoms with van der Waals surface area (Å²) in [6.45, 7) is 8.14. The zero-order valence-corrected chi connectivity index (χ0v) is 21.6. The molecule has 2 amide bonds. The summed E-state index contributed by atoms with van der Waals surface area (Å²) in [5.74, 6) is -5.51. The Kier molecular flexibility index (Phi) is 12.0. The molecule has 4 heterocycles. The molecular formula is C24H32F6N4O6. The molecule has 0 unspecified atom stereocenters. The Balaban J connectivity index is 0.000000333. The topological polar surface area (TPSA) is 124 Å². The van der Waals surface area contributed by atoms with Gasteiger partial charge in [-0.2, -0.15) is 26.3 Å². The fourth-order valence-corrected chi connectivity index (χ4v) is 4.55. The van der Waals surface area contributed by atoms with E-state index in [0.29, 0.717) is 0 Å². The lowest BCUT2D eigenvalue weighted by Gasteiger charge is -2.43. The number of nitrogens with zero attached hydrogens (tertiary/aromatic N) is 4. The second-order valence-corrected chi connectivity index (χ2v) is 9.69. The van der Waals surface area contributed by atoms with Crippen molar-refractivity contribution in [3.63, 3.8) is 0 Å². The smallest absolute Gasteiger partial charge is 0.475 e. The Morgan fingerprint density at radius 1 is 0.900 bits per heavy atom. The number of urea groups is 1. The van der Waals surface area contributed by atoms with Crippen molar-refractivity contribution < 1.29 is 55.7 Å². The first-order valence-corrected chi connectivity index (χ1v) is 12.5. The minimum atomic E-state index is -5.08. The molecule has 10 nitrogen and oxygen atoms in total. The summed E-state index contributed by atoms with van der Waals surface area (Å²) in [4.78, 5) is 41.3. The lowest BCUT2D eigenvalue weighted by atomic mass is 9.78. The Morgan fingerprint density at radius 3 is 1.90 bits per heavy atom. The lowest BCUT2D eigenvalue weighted by Crippen LogP contribution is -2.51. The number of carbonyl (C=O) groups is 3. The van der Waals surface area contributed by atoms with Crippen LogP contribution in [0.4, 0.5) is 31.1 Å². The van der Waals surface area contributed by atoms with Crippen LogP contribution in [0.1, 0.15) is 31.2 Å². The van der Waals surface area contributed by atoms with Gasteiger partial charge in [0.05, 0.1) is 13.2 Å². The molecule has 0 aromatic carbocycles. The molecule has 226 valence electrons. The molecule has 3 aliphatic heterocycles. The van der Waals surface area contributed by atoms with Crippen molar-refractivity contribution in [2.75, 3.05) is 52.5 Å². The number of aromatic nitrogens is 1. The maximum Gasteiger partial charge on any atom is 0.490 e. The summed E-state index contributed by atoms with van der Waals surface area (Å²) in [6.07, 6.45) is -2.01. The quantitative estimate of drug-likeness (QED) is 0.505. The van der Waals surface area contributed by atoms with Crippen LogP contribution in [-0.2, 0) is 20.9 Å². The van der Waals surface area contributed by atoms with Crippen molar-refractivity contribution in [2.24, 2.45) is 5.41 Å². The van der Waals surface area contributed by atoms with Gasteiger partial charge in [0.25, 0.3) is 0 Å². The monoisotopic (exact) mass is 586 g/mol. The molecule has 40 heavy (non-hydrogen) atoms. The van der Waals surface area contributed by atoms with Crippen molar-refractivity contribution >= 4 is 18.0 Å². The second-order valence-electron chi connectivity index (χ2n) is 9.69. The molecule has 3 fully saturated rings. The number of hydrogen-bond acceptors (Lipinski definition) is 6. The van der Waals surface area contributed by atoms with E-state index in [0.717, 1.165) is 84.7 Å². The number of pyridine rings is 1. The van der Waals surface area contributed by atoms with E-state index < -0.39 is 24.3 Å². The van der Waals surface area contributed by atoms with E-state index >= 15 is 0 Å². The van der Waals surface area contributed by atoms with Gasteiger partial charge in [0.2, 0.25) is 0 Å². The fourth-order valence-electron chi connectivity index (χ4n) is 4.55. The Labute approximate surface area is 226 Å². The van der Waals surface area contributed by atoms with Crippen LogP contribution < -0.4 is 0 Å². The number of carbonyl (C=O) groups excluding carboxylic acids is 1. The average Bonchev–Trinajstić information content (AvgIpc) is 3.35. The summed E-state index contributed by atoms with van der Waals surface area (Å²) < 4.78 is 69.5. The van der Waals surface area contributed by atoms with Crippen LogP contribution in [-0.4, -0.2) is 113 Å². The third kappa shape index (κ3) is 10.8. The normalized spacial score (nSPS) is 19.6.